The van der Waals surface area contributed by atoms with Crippen molar-refractivity contribution >= 4 is 5.91 Å². The van der Waals surface area contributed by atoms with E-state index < -0.39 is 0 Å². The number of ether oxygens (including phenoxy) is 1. The lowest BCUT2D eigenvalue weighted by Crippen LogP contribution is -2.34. The molecule has 3 heteroatoms. The van der Waals surface area contributed by atoms with Crippen LogP contribution in [0.5, 0.6) is 0 Å². The molecule has 0 aromatic heterocycles. The Bertz CT molecular complexity index is 189. The van der Waals surface area contributed by atoms with Gasteiger partial charge in [-0.15, -0.1) is 12.3 Å². The van der Waals surface area contributed by atoms with E-state index in [4.69, 9.17) is 11.2 Å². The molecule has 0 saturated carbocycles. The van der Waals surface area contributed by atoms with Crippen LogP contribution >= 0.6 is 0 Å². The first-order chi connectivity index (χ1) is 5.83. The van der Waals surface area contributed by atoms with Crippen LogP contribution in [0.4, 0.5) is 0 Å². The van der Waals surface area contributed by atoms with Crippen LogP contribution in [0.25, 0.3) is 0 Å². The van der Waals surface area contributed by atoms with E-state index in [0.29, 0.717) is 19.4 Å². The maximum Gasteiger partial charge on any atom is 0.221 e. The highest BCUT2D eigenvalue weighted by Gasteiger charge is 2.16. The van der Waals surface area contributed by atoms with Gasteiger partial charge in [0.15, 0.2) is 0 Å². The Morgan fingerprint density at radius 2 is 2.58 bits per heavy atom. The summed E-state index contributed by atoms with van der Waals surface area (Å²) in [6.07, 6.45) is 6.89. The molecule has 0 radical (unpaired) electrons. The molecule has 0 spiro atoms. The Hall–Kier alpha value is -1.01. The minimum atomic E-state index is 0.0310. The SMILES string of the molecule is C#CCCC(=O)NC1CCOC1. The average Bonchev–Trinajstić information content (AvgIpc) is 2.53. The molecule has 1 saturated heterocycles. The molecule has 1 unspecified atom stereocenters. The second kappa shape index (κ2) is 4.78. The number of terminal acetylenes is 1. The molecule has 1 rings (SSSR count). The first kappa shape index (κ1) is 9.08. The minimum Gasteiger partial charge on any atom is -0.379 e. The Balaban J connectivity index is 2.13. The van der Waals surface area contributed by atoms with Crippen molar-refractivity contribution in [1.29, 1.82) is 0 Å². The maximum atomic E-state index is 11.1. The Morgan fingerprint density at radius 3 is 3.17 bits per heavy atom. The Morgan fingerprint density at radius 1 is 1.75 bits per heavy atom. The Labute approximate surface area is 72.5 Å². The average molecular weight is 167 g/mol. The highest BCUT2D eigenvalue weighted by Crippen LogP contribution is 2.03. The molecule has 1 aliphatic rings. The summed E-state index contributed by atoms with van der Waals surface area (Å²) < 4.78 is 5.11. The van der Waals surface area contributed by atoms with Gasteiger partial charge in [0.2, 0.25) is 5.91 Å². The second-order valence-electron chi connectivity index (χ2n) is 2.83. The summed E-state index contributed by atoms with van der Waals surface area (Å²) in [6, 6.07) is 0.204. The molecule has 0 aromatic rings. The van der Waals surface area contributed by atoms with E-state index >= 15 is 0 Å². The third kappa shape index (κ3) is 2.93. The first-order valence-corrected chi connectivity index (χ1v) is 4.13. The number of carbonyl (C=O) groups excluding carboxylic acids is 1. The van der Waals surface area contributed by atoms with E-state index in [1.54, 1.807) is 0 Å². The van der Waals surface area contributed by atoms with Crippen molar-refractivity contribution in [2.75, 3.05) is 13.2 Å². The minimum absolute atomic E-state index is 0.0310. The fraction of sp³-hybridized carbons (Fsp3) is 0.667. The number of nitrogens with one attached hydrogen (secondary N) is 1. The molecular formula is C9H13NO2. The summed E-state index contributed by atoms with van der Waals surface area (Å²) >= 11 is 0. The molecule has 1 fully saturated rings. The summed E-state index contributed by atoms with van der Waals surface area (Å²) in [6.45, 7) is 1.39. The topological polar surface area (TPSA) is 38.3 Å². The van der Waals surface area contributed by atoms with Crippen molar-refractivity contribution in [3.63, 3.8) is 0 Å². The molecule has 1 atom stereocenters. The molecule has 0 aliphatic carbocycles. The van der Waals surface area contributed by atoms with Gasteiger partial charge in [-0.25, -0.2) is 0 Å². The Kier molecular flexibility index (Phi) is 3.62. The smallest absolute Gasteiger partial charge is 0.221 e. The van der Waals surface area contributed by atoms with Gasteiger partial charge >= 0.3 is 0 Å². The summed E-state index contributed by atoms with van der Waals surface area (Å²) in [5.41, 5.74) is 0. The van der Waals surface area contributed by atoms with Crippen molar-refractivity contribution in [2.45, 2.75) is 25.3 Å². The molecule has 1 amide bonds. The van der Waals surface area contributed by atoms with Crippen molar-refractivity contribution in [3.8, 4) is 12.3 Å². The molecular weight excluding hydrogens is 154 g/mol. The highest BCUT2D eigenvalue weighted by atomic mass is 16.5. The van der Waals surface area contributed by atoms with Crippen LogP contribution in [0.15, 0.2) is 0 Å². The summed E-state index contributed by atoms with van der Waals surface area (Å²) in [7, 11) is 0. The van der Waals surface area contributed by atoms with Gasteiger partial charge in [0.1, 0.15) is 0 Å². The monoisotopic (exact) mass is 167 g/mol. The molecule has 0 bridgehead atoms. The number of hydrogen-bond donors (Lipinski definition) is 1. The van der Waals surface area contributed by atoms with Crippen LogP contribution in [-0.4, -0.2) is 25.2 Å². The van der Waals surface area contributed by atoms with Gasteiger partial charge in [0.05, 0.1) is 12.6 Å². The van der Waals surface area contributed by atoms with Crippen molar-refractivity contribution < 1.29 is 9.53 Å². The van der Waals surface area contributed by atoms with E-state index in [1.807, 2.05) is 0 Å². The molecule has 3 nitrogen and oxygen atoms in total. The zero-order valence-corrected chi connectivity index (χ0v) is 7.01. The number of hydrogen-bond acceptors (Lipinski definition) is 2. The van der Waals surface area contributed by atoms with Crippen LogP contribution in [0.2, 0.25) is 0 Å². The van der Waals surface area contributed by atoms with E-state index in [1.165, 1.54) is 0 Å². The van der Waals surface area contributed by atoms with Gasteiger partial charge in [-0.2, -0.15) is 0 Å². The van der Waals surface area contributed by atoms with E-state index in [0.717, 1.165) is 13.0 Å². The standard InChI is InChI=1S/C9H13NO2/c1-2-3-4-9(11)10-8-5-6-12-7-8/h1,8H,3-7H2,(H,10,11). The number of rotatable bonds is 3. The summed E-state index contributed by atoms with van der Waals surface area (Å²) in [5.74, 6) is 2.46. The van der Waals surface area contributed by atoms with Gasteiger partial charge in [-0.3, -0.25) is 4.79 Å². The lowest BCUT2D eigenvalue weighted by Gasteiger charge is -2.08. The summed E-state index contributed by atoms with van der Waals surface area (Å²) in [5, 5.41) is 2.85. The fourth-order valence-corrected chi connectivity index (χ4v) is 1.13. The van der Waals surface area contributed by atoms with Gasteiger partial charge in [-0.1, -0.05) is 0 Å². The van der Waals surface area contributed by atoms with Crippen LogP contribution in [0.1, 0.15) is 19.3 Å². The third-order valence-electron chi connectivity index (χ3n) is 1.79. The zero-order chi connectivity index (χ0) is 8.81. The molecule has 1 heterocycles. The molecule has 66 valence electrons. The van der Waals surface area contributed by atoms with Crippen molar-refractivity contribution in [2.24, 2.45) is 0 Å². The van der Waals surface area contributed by atoms with Gasteiger partial charge in [-0.05, 0) is 6.42 Å². The molecule has 1 aliphatic heterocycles. The van der Waals surface area contributed by atoms with Crippen LogP contribution in [0.3, 0.4) is 0 Å². The van der Waals surface area contributed by atoms with E-state index in [-0.39, 0.29) is 11.9 Å². The number of amides is 1. The molecule has 1 N–H and O–H groups in total. The first-order valence-electron chi connectivity index (χ1n) is 4.13. The fourth-order valence-electron chi connectivity index (χ4n) is 1.13. The lowest BCUT2D eigenvalue weighted by atomic mass is 10.2. The summed E-state index contributed by atoms with van der Waals surface area (Å²) in [4.78, 5) is 11.1. The van der Waals surface area contributed by atoms with Gasteiger partial charge < -0.3 is 10.1 Å². The van der Waals surface area contributed by atoms with Crippen LogP contribution < -0.4 is 5.32 Å². The van der Waals surface area contributed by atoms with Crippen molar-refractivity contribution in [3.05, 3.63) is 0 Å². The zero-order valence-electron chi connectivity index (χ0n) is 7.01. The highest BCUT2D eigenvalue weighted by molar-refractivity contribution is 5.76. The lowest BCUT2D eigenvalue weighted by molar-refractivity contribution is -0.121. The quantitative estimate of drug-likeness (QED) is 0.614. The van der Waals surface area contributed by atoms with Gasteiger partial charge in [0, 0.05) is 19.4 Å². The molecule has 12 heavy (non-hydrogen) atoms. The van der Waals surface area contributed by atoms with E-state index in [9.17, 15) is 4.79 Å². The second-order valence-corrected chi connectivity index (χ2v) is 2.83. The maximum absolute atomic E-state index is 11.1. The molecule has 0 aromatic carbocycles. The van der Waals surface area contributed by atoms with Crippen molar-refractivity contribution in [1.82, 2.24) is 5.32 Å². The number of carbonyl (C=O) groups is 1. The van der Waals surface area contributed by atoms with E-state index in [2.05, 4.69) is 11.2 Å². The predicted molar refractivity (Wildman–Crippen MR) is 45.4 cm³/mol. The third-order valence-corrected chi connectivity index (χ3v) is 1.79. The largest absolute Gasteiger partial charge is 0.379 e. The predicted octanol–water partition coefficient (Wildman–Crippen LogP) is 0.305. The van der Waals surface area contributed by atoms with Crippen LogP contribution in [-0.2, 0) is 9.53 Å². The van der Waals surface area contributed by atoms with Gasteiger partial charge in [0.25, 0.3) is 0 Å². The normalized spacial score (nSPS) is 21.8. The van der Waals surface area contributed by atoms with Crippen LogP contribution in [0, 0.1) is 12.3 Å².